The predicted octanol–water partition coefficient (Wildman–Crippen LogP) is 2.76. The molecule has 0 aromatic heterocycles. The van der Waals surface area contributed by atoms with Crippen LogP contribution in [0.1, 0.15) is 85.0 Å². The van der Waals surface area contributed by atoms with E-state index in [4.69, 9.17) is 0 Å². The van der Waals surface area contributed by atoms with E-state index in [-0.39, 0.29) is 0 Å². The maximum absolute atomic E-state index is 10.8. The summed E-state index contributed by atoms with van der Waals surface area (Å²) in [4.78, 5) is 10.8. The fraction of sp³-hybridized carbons (Fsp3) is 0.842. The van der Waals surface area contributed by atoms with Crippen LogP contribution in [0.15, 0.2) is 12.7 Å². The van der Waals surface area contributed by atoms with Crippen molar-refractivity contribution in [3.8, 4) is 0 Å². The quantitative estimate of drug-likeness (QED) is 0.269. The second-order valence-electron chi connectivity index (χ2n) is 7.31. The van der Waals surface area contributed by atoms with E-state index >= 15 is 0 Å². The van der Waals surface area contributed by atoms with Crippen LogP contribution in [0.4, 0.5) is 0 Å². The summed E-state index contributed by atoms with van der Waals surface area (Å²) < 4.78 is 31.2. The summed E-state index contributed by atoms with van der Waals surface area (Å²) in [5.41, 5.74) is 2.79. The monoisotopic (exact) mass is 392 g/mol. The van der Waals surface area contributed by atoms with Crippen molar-refractivity contribution in [2.24, 2.45) is 0 Å². The van der Waals surface area contributed by atoms with Crippen LogP contribution in [0.3, 0.4) is 0 Å². The molecule has 26 heavy (non-hydrogen) atoms. The third-order valence-corrected chi connectivity index (χ3v) is 4.86. The first-order valence-corrected chi connectivity index (χ1v) is 11.3. The second kappa shape index (κ2) is 16.3. The van der Waals surface area contributed by atoms with Crippen molar-refractivity contribution in [1.29, 1.82) is 0 Å². The average Bonchev–Trinajstić information content (AvgIpc) is 2.51. The van der Waals surface area contributed by atoms with E-state index in [1.54, 1.807) is 0 Å². The highest BCUT2D eigenvalue weighted by atomic mass is 32.2. The molecule has 0 fully saturated rings. The summed E-state index contributed by atoms with van der Waals surface area (Å²) in [5, 5.41) is 2.33. The zero-order chi connectivity index (χ0) is 20.5. The van der Waals surface area contributed by atoms with Crippen LogP contribution >= 0.6 is 0 Å². The summed E-state index contributed by atoms with van der Waals surface area (Å²) in [6, 6.07) is 0. The number of hydrogen-bond acceptors (Lipinski definition) is 4. The van der Waals surface area contributed by atoms with Gasteiger partial charge < -0.3 is 15.6 Å². The van der Waals surface area contributed by atoms with Crippen LogP contribution in [0.2, 0.25) is 0 Å². The number of hydrogen-bond donors (Lipinski definition) is 2. The number of unbranched alkanes of at least 4 members (excludes halogenated alkanes) is 9. The molecule has 156 valence electrons. The largest absolute Gasteiger partial charge is 0.748 e. The minimum atomic E-state index is -4.33. The van der Waals surface area contributed by atoms with E-state index in [0.717, 1.165) is 12.6 Å². The highest BCUT2D eigenvalue weighted by Gasteiger charge is 2.22. The average molecular weight is 393 g/mol. The Balaban J connectivity index is 0. The van der Waals surface area contributed by atoms with Crippen LogP contribution < -0.4 is 11.1 Å². The highest BCUT2D eigenvalue weighted by molar-refractivity contribution is 7.85. The smallest absolute Gasteiger partial charge is 0.243 e. The van der Waals surface area contributed by atoms with Crippen molar-refractivity contribution in [3.63, 3.8) is 0 Å². The number of quaternary nitrogens is 1. The number of rotatable bonds is 14. The van der Waals surface area contributed by atoms with Gasteiger partial charge in [0.25, 0.3) is 0 Å². The maximum Gasteiger partial charge on any atom is 0.243 e. The maximum atomic E-state index is 10.8. The van der Waals surface area contributed by atoms with E-state index in [1.165, 1.54) is 78.1 Å². The fourth-order valence-corrected chi connectivity index (χ4v) is 3.48. The van der Waals surface area contributed by atoms with Gasteiger partial charge in [0, 0.05) is 5.54 Å². The molecule has 0 rings (SSSR count). The molecule has 0 saturated heterocycles. The number of amides is 1. The Morgan fingerprint density at radius 2 is 1.46 bits per heavy atom. The predicted molar refractivity (Wildman–Crippen MR) is 107 cm³/mol. The molecule has 0 aromatic rings. The van der Waals surface area contributed by atoms with Gasteiger partial charge in [-0.25, -0.2) is 8.42 Å². The molecular formula is C19H40N2O4S. The van der Waals surface area contributed by atoms with E-state index in [9.17, 15) is 17.8 Å². The molecule has 4 N–H and O–H groups in total. The minimum absolute atomic E-state index is 0.506. The van der Waals surface area contributed by atoms with Crippen LogP contribution in [0.25, 0.3) is 0 Å². The van der Waals surface area contributed by atoms with Crippen LogP contribution in [-0.2, 0) is 14.9 Å². The molecule has 0 aliphatic heterocycles. The number of nitrogens with one attached hydrogen (secondary N) is 1. The van der Waals surface area contributed by atoms with E-state index in [0.29, 0.717) is 0 Å². The van der Waals surface area contributed by atoms with Crippen molar-refractivity contribution in [2.75, 3.05) is 12.3 Å². The van der Waals surface area contributed by atoms with Gasteiger partial charge in [-0.3, -0.25) is 4.79 Å². The Bertz CT molecular complexity index is 452. The second-order valence-corrected chi connectivity index (χ2v) is 8.72. The van der Waals surface area contributed by atoms with Gasteiger partial charge in [0.2, 0.25) is 5.91 Å². The molecule has 0 aliphatic carbocycles. The lowest BCUT2D eigenvalue weighted by Crippen LogP contribution is -2.50. The van der Waals surface area contributed by atoms with E-state index in [1.807, 2.05) is 0 Å². The summed E-state index contributed by atoms with van der Waals surface area (Å²) in [5.74, 6) is -1.15. The molecule has 0 spiro atoms. The van der Waals surface area contributed by atoms with Gasteiger partial charge >= 0.3 is 0 Å². The first kappa shape index (κ1) is 27.3. The van der Waals surface area contributed by atoms with Crippen LogP contribution in [0.5, 0.6) is 0 Å². The standard InChI is InChI=1S/C12H27N.C7H13NO4S/c1-2-3-4-5-6-7-8-9-10-11-12-13;1-4-6(9)8-7(2,3)5-13(10,11)12/h2-13H2,1H3;4H,1,5H2,2-3H3,(H,8,9)(H,10,11,12). The number of carbonyl (C=O) groups excluding carboxylic acids is 1. The van der Waals surface area contributed by atoms with Crippen molar-refractivity contribution in [3.05, 3.63) is 12.7 Å². The lowest BCUT2D eigenvalue weighted by atomic mass is 10.1. The van der Waals surface area contributed by atoms with Gasteiger partial charge in [0.1, 0.15) is 0 Å². The van der Waals surface area contributed by atoms with Crippen molar-refractivity contribution in [1.82, 2.24) is 5.32 Å². The van der Waals surface area contributed by atoms with E-state index in [2.05, 4.69) is 24.6 Å². The van der Waals surface area contributed by atoms with Crippen LogP contribution in [-0.4, -0.2) is 36.7 Å². The molecule has 6 nitrogen and oxygen atoms in total. The normalized spacial score (nSPS) is 11.4. The lowest BCUT2D eigenvalue weighted by Gasteiger charge is -2.26. The van der Waals surface area contributed by atoms with Gasteiger partial charge in [-0.2, -0.15) is 0 Å². The summed E-state index contributed by atoms with van der Waals surface area (Å²) in [7, 11) is -4.33. The molecular weight excluding hydrogens is 352 g/mol. The van der Waals surface area contributed by atoms with Crippen LogP contribution in [0, 0.1) is 0 Å². The molecule has 0 radical (unpaired) electrons. The van der Waals surface area contributed by atoms with Gasteiger partial charge in [-0.1, -0.05) is 64.9 Å². The van der Waals surface area contributed by atoms with Crippen molar-refractivity contribution in [2.45, 2.75) is 90.5 Å². The molecule has 0 aromatic carbocycles. The highest BCUT2D eigenvalue weighted by Crippen LogP contribution is 2.09. The Labute approximate surface area is 160 Å². The third kappa shape index (κ3) is 23.1. The van der Waals surface area contributed by atoms with Gasteiger partial charge in [0.15, 0.2) is 0 Å². The molecule has 0 saturated carbocycles. The SMILES string of the molecule is C=CC(=O)NC(C)(C)CS(=O)(=O)[O-].CCCCCCCCCCCC[NH3+]. The summed E-state index contributed by atoms with van der Waals surface area (Å²) in [6.07, 6.45) is 15.3. The Kier molecular flexibility index (Phi) is 17.1. The summed E-state index contributed by atoms with van der Waals surface area (Å²) in [6.45, 7) is 9.50. The first-order chi connectivity index (χ1) is 12.1. The van der Waals surface area contributed by atoms with E-state index < -0.39 is 27.3 Å². The summed E-state index contributed by atoms with van der Waals surface area (Å²) >= 11 is 0. The molecule has 0 aliphatic rings. The van der Waals surface area contributed by atoms with Gasteiger partial charge in [0.05, 0.1) is 22.4 Å². The van der Waals surface area contributed by atoms with Crippen molar-refractivity contribution < 1.29 is 23.5 Å². The minimum Gasteiger partial charge on any atom is -0.748 e. The number of carbonyl (C=O) groups is 1. The molecule has 7 heteroatoms. The zero-order valence-corrected chi connectivity index (χ0v) is 17.8. The Morgan fingerprint density at radius 1 is 1.04 bits per heavy atom. The first-order valence-electron chi connectivity index (χ1n) is 9.75. The topological polar surface area (TPSA) is 114 Å². The molecule has 0 unspecified atom stereocenters. The molecule has 1 amide bonds. The zero-order valence-electron chi connectivity index (χ0n) is 17.0. The lowest BCUT2D eigenvalue weighted by molar-refractivity contribution is -0.368. The van der Waals surface area contributed by atoms with Gasteiger partial charge in [-0.05, 0) is 32.8 Å². The molecule has 0 atom stereocenters. The Morgan fingerprint density at radius 3 is 1.81 bits per heavy atom. The molecule has 0 bridgehead atoms. The van der Waals surface area contributed by atoms with Crippen molar-refractivity contribution >= 4 is 16.0 Å². The third-order valence-electron chi connectivity index (χ3n) is 3.79. The Hall–Kier alpha value is -0.920. The molecule has 0 heterocycles. The van der Waals surface area contributed by atoms with Gasteiger partial charge in [-0.15, -0.1) is 0 Å². The fourth-order valence-electron chi connectivity index (χ4n) is 2.53.